The first kappa shape index (κ1) is 26.9. The Balaban J connectivity index is 1.34. The highest BCUT2D eigenvalue weighted by atomic mass is 19.1. The number of hydrogen-bond acceptors (Lipinski definition) is 6. The average molecular weight is 548 g/mol. The number of halogens is 2. The maximum absolute atomic E-state index is 15.5. The molecule has 0 radical (unpaired) electrons. The fourth-order valence-electron chi connectivity index (χ4n) is 6.81. The molecule has 0 aliphatic heterocycles. The van der Waals surface area contributed by atoms with Gasteiger partial charge in [0.25, 0.3) is 0 Å². The van der Waals surface area contributed by atoms with Gasteiger partial charge < -0.3 is 15.6 Å². The lowest BCUT2D eigenvalue weighted by Crippen LogP contribution is -2.44. The molecule has 4 aromatic rings. The molecule has 9 heteroatoms. The van der Waals surface area contributed by atoms with Crippen molar-refractivity contribution in [1.82, 2.24) is 19.6 Å². The molecule has 3 aromatic heterocycles. The van der Waals surface area contributed by atoms with Crippen LogP contribution < -0.4 is 5.73 Å². The summed E-state index contributed by atoms with van der Waals surface area (Å²) in [7, 11) is 1.60. The van der Waals surface area contributed by atoms with Gasteiger partial charge in [-0.3, -0.25) is 4.98 Å². The lowest BCUT2D eigenvalue weighted by molar-refractivity contribution is -0.00914. The van der Waals surface area contributed by atoms with Crippen LogP contribution in [0.15, 0.2) is 48.9 Å². The van der Waals surface area contributed by atoms with E-state index in [1.165, 1.54) is 12.1 Å². The van der Waals surface area contributed by atoms with Gasteiger partial charge in [-0.2, -0.15) is 5.10 Å². The van der Waals surface area contributed by atoms with Gasteiger partial charge in [0.1, 0.15) is 17.5 Å². The van der Waals surface area contributed by atoms with E-state index in [4.69, 9.17) is 10.5 Å². The van der Waals surface area contributed by atoms with Crippen LogP contribution in [0.4, 0.5) is 8.78 Å². The SMILES string of the molecule is COC1(c2cc(F)c(-c3ccc4cnc(Cc5cnccc5[C@H]5C[C@@H](N)[C@H](O)[C@@H](C)C5)n4n3)c(F)c2)CCCC1. The van der Waals surface area contributed by atoms with Crippen molar-refractivity contribution in [3.05, 3.63) is 83.1 Å². The number of fused-ring (bicyclic) bond motifs is 1. The molecule has 2 aliphatic carbocycles. The molecule has 40 heavy (non-hydrogen) atoms. The van der Waals surface area contributed by atoms with E-state index in [0.717, 1.165) is 48.7 Å². The summed E-state index contributed by atoms with van der Waals surface area (Å²) in [4.78, 5) is 8.94. The zero-order chi connectivity index (χ0) is 28.0. The molecule has 0 spiro atoms. The number of benzene rings is 1. The first-order valence-electron chi connectivity index (χ1n) is 14.0. The number of aliphatic hydroxyl groups is 1. The summed E-state index contributed by atoms with van der Waals surface area (Å²) < 4.78 is 38.4. The smallest absolute Gasteiger partial charge is 0.136 e. The summed E-state index contributed by atoms with van der Waals surface area (Å²) in [6, 6.07) is 7.90. The van der Waals surface area contributed by atoms with Crippen LogP contribution >= 0.6 is 0 Å². The highest BCUT2D eigenvalue weighted by Crippen LogP contribution is 2.43. The van der Waals surface area contributed by atoms with E-state index in [2.05, 4.69) is 15.1 Å². The van der Waals surface area contributed by atoms with Gasteiger partial charge in [0, 0.05) is 32.0 Å². The lowest BCUT2D eigenvalue weighted by Gasteiger charge is -2.36. The third-order valence-corrected chi connectivity index (χ3v) is 9.05. The van der Waals surface area contributed by atoms with Crippen LogP contribution in [0.25, 0.3) is 16.8 Å². The number of nitrogens with zero attached hydrogens (tertiary/aromatic N) is 4. The topological polar surface area (TPSA) is 98.6 Å². The monoisotopic (exact) mass is 547 g/mol. The van der Waals surface area contributed by atoms with Gasteiger partial charge in [-0.1, -0.05) is 19.8 Å². The van der Waals surface area contributed by atoms with Gasteiger partial charge in [-0.25, -0.2) is 18.3 Å². The van der Waals surface area contributed by atoms with Gasteiger partial charge >= 0.3 is 0 Å². The Hall–Kier alpha value is -3.27. The van der Waals surface area contributed by atoms with Crippen LogP contribution in [0.1, 0.15) is 73.9 Å². The molecule has 1 aromatic carbocycles. The second-order valence-corrected chi connectivity index (χ2v) is 11.5. The van der Waals surface area contributed by atoms with Crippen molar-refractivity contribution in [2.24, 2.45) is 11.7 Å². The zero-order valence-electron chi connectivity index (χ0n) is 22.9. The highest BCUT2D eigenvalue weighted by molar-refractivity contribution is 5.63. The van der Waals surface area contributed by atoms with Crippen molar-refractivity contribution in [2.75, 3.05) is 7.11 Å². The van der Waals surface area contributed by atoms with E-state index < -0.39 is 23.3 Å². The molecule has 4 atom stereocenters. The van der Waals surface area contributed by atoms with Gasteiger partial charge in [-0.05, 0) is 84.5 Å². The summed E-state index contributed by atoms with van der Waals surface area (Å²) in [5.74, 6) is -0.397. The Morgan fingerprint density at radius 2 is 1.85 bits per heavy atom. The molecule has 3 N–H and O–H groups in total. The minimum absolute atomic E-state index is 0.0925. The first-order valence-corrected chi connectivity index (χ1v) is 14.0. The Labute approximate surface area is 232 Å². The van der Waals surface area contributed by atoms with Crippen molar-refractivity contribution in [2.45, 2.75) is 75.5 Å². The zero-order valence-corrected chi connectivity index (χ0v) is 22.9. The molecule has 0 amide bonds. The fraction of sp³-hybridized carbons (Fsp3) is 0.452. The fourth-order valence-corrected chi connectivity index (χ4v) is 6.81. The molecule has 0 unspecified atom stereocenters. The summed E-state index contributed by atoms with van der Waals surface area (Å²) in [5, 5.41) is 15.0. The number of hydrogen-bond donors (Lipinski definition) is 2. The van der Waals surface area contributed by atoms with Crippen molar-refractivity contribution < 1.29 is 18.6 Å². The summed E-state index contributed by atoms with van der Waals surface area (Å²) >= 11 is 0. The van der Waals surface area contributed by atoms with Gasteiger partial charge in [-0.15, -0.1) is 0 Å². The molecule has 2 aliphatic rings. The predicted molar refractivity (Wildman–Crippen MR) is 148 cm³/mol. The molecule has 2 fully saturated rings. The second kappa shape index (κ2) is 10.6. The number of aromatic nitrogens is 4. The van der Waals surface area contributed by atoms with E-state index in [0.29, 0.717) is 24.2 Å². The van der Waals surface area contributed by atoms with Gasteiger partial charge in [0.05, 0.1) is 34.7 Å². The number of nitrogens with two attached hydrogens (primary N) is 1. The number of pyridine rings is 1. The average Bonchev–Trinajstić information content (AvgIpc) is 3.59. The lowest BCUT2D eigenvalue weighted by atomic mass is 9.74. The third kappa shape index (κ3) is 4.70. The molecule has 210 valence electrons. The molecule has 3 heterocycles. The van der Waals surface area contributed by atoms with Gasteiger partial charge in [0.15, 0.2) is 0 Å². The molecule has 0 saturated heterocycles. The molecule has 6 rings (SSSR count). The van der Waals surface area contributed by atoms with E-state index in [1.54, 1.807) is 36.2 Å². The normalized spacial score (nSPS) is 24.6. The largest absolute Gasteiger partial charge is 0.391 e. The third-order valence-electron chi connectivity index (χ3n) is 9.05. The minimum Gasteiger partial charge on any atom is -0.391 e. The van der Waals surface area contributed by atoms with E-state index >= 15 is 8.78 Å². The minimum atomic E-state index is -0.661. The number of methoxy groups -OCH3 is 1. The molecule has 7 nitrogen and oxygen atoms in total. The van der Waals surface area contributed by atoms with Crippen LogP contribution in [0, 0.1) is 17.6 Å². The summed E-state index contributed by atoms with van der Waals surface area (Å²) in [6.07, 6.45) is 10.2. The van der Waals surface area contributed by atoms with Gasteiger partial charge in [0.2, 0.25) is 0 Å². The second-order valence-electron chi connectivity index (χ2n) is 11.5. The molecule has 0 bridgehead atoms. The predicted octanol–water partition coefficient (Wildman–Crippen LogP) is 5.28. The van der Waals surface area contributed by atoms with E-state index in [-0.39, 0.29) is 29.1 Å². The van der Waals surface area contributed by atoms with Crippen LogP contribution in [-0.4, -0.2) is 43.9 Å². The number of aliphatic hydroxyl groups excluding tert-OH is 1. The Morgan fingerprint density at radius 1 is 1.10 bits per heavy atom. The van der Waals surface area contributed by atoms with Crippen LogP contribution in [-0.2, 0) is 16.8 Å². The molecule has 2 saturated carbocycles. The van der Waals surface area contributed by atoms with Crippen molar-refractivity contribution in [1.29, 1.82) is 0 Å². The number of ether oxygens (including phenoxy) is 1. The van der Waals surface area contributed by atoms with Crippen LogP contribution in [0.2, 0.25) is 0 Å². The van der Waals surface area contributed by atoms with E-state index in [1.807, 2.05) is 19.2 Å². The molecular formula is C31H35F2N5O2. The Kier molecular flexibility index (Phi) is 7.14. The standard InChI is InChI=1S/C31H35F2N5O2/c1-18-11-19(12-26(34)30(18)39)23-7-10-35-16-20(23)13-28-36-17-22-5-6-27(37-38(22)28)29-24(32)14-21(15-25(29)33)31(40-2)8-3-4-9-31/h5-7,10,14-19,26,30,39H,3-4,8-9,11-13,34H2,1-2H3/t18-,19+,26+,30+/m0/s1. The Bertz CT molecular complexity index is 1500. The summed E-state index contributed by atoms with van der Waals surface area (Å²) in [6.45, 7) is 2.03. The maximum Gasteiger partial charge on any atom is 0.136 e. The number of imidazole rings is 1. The highest BCUT2D eigenvalue weighted by Gasteiger charge is 2.37. The Morgan fingerprint density at radius 3 is 2.55 bits per heavy atom. The van der Waals surface area contributed by atoms with Crippen LogP contribution in [0.3, 0.4) is 0 Å². The quantitative estimate of drug-likeness (QED) is 0.341. The maximum atomic E-state index is 15.5. The van der Waals surface area contributed by atoms with Crippen molar-refractivity contribution in [3.8, 4) is 11.3 Å². The molecular weight excluding hydrogens is 512 g/mol. The summed E-state index contributed by atoms with van der Waals surface area (Å²) in [5.41, 5.74) is 9.01. The van der Waals surface area contributed by atoms with Crippen molar-refractivity contribution in [3.63, 3.8) is 0 Å². The van der Waals surface area contributed by atoms with Crippen molar-refractivity contribution >= 4 is 5.52 Å². The van der Waals surface area contributed by atoms with Crippen LogP contribution in [0.5, 0.6) is 0 Å². The first-order chi connectivity index (χ1) is 19.3. The van der Waals surface area contributed by atoms with E-state index in [9.17, 15) is 5.11 Å². The number of rotatable bonds is 6.